The number of para-hydroxylation sites is 1. The first-order valence-corrected chi connectivity index (χ1v) is 7.46. The first-order chi connectivity index (χ1) is 10.6. The van der Waals surface area contributed by atoms with Gasteiger partial charge in [0.15, 0.2) is 5.76 Å². The van der Waals surface area contributed by atoms with Crippen molar-refractivity contribution in [3.05, 3.63) is 48.2 Å². The van der Waals surface area contributed by atoms with Crippen molar-refractivity contribution in [1.29, 1.82) is 0 Å². The topological polar surface area (TPSA) is 77.5 Å². The summed E-state index contributed by atoms with van der Waals surface area (Å²) >= 11 is 0. The molecule has 3 rings (SSSR count). The number of nitrogens with two attached hydrogens (primary N) is 1. The third-order valence-electron chi connectivity index (χ3n) is 4.07. The molecular formula is C17H21ClN2O3. The highest BCUT2D eigenvalue weighted by Crippen LogP contribution is 2.39. The standard InChI is InChI=1S/C17H20N2O3.ClH/c1-17(11-18,12-7-8-12)19-16(20)14-9-10-15(22-14)21-13-5-3-2-4-6-13;/h2-6,9-10,12H,7-8,11,18H2,1H3,(H,19,20);1H. The zero-order valence-corrected chi connectivity index (χ0v) is 13.8. The molecule has 0 spiro atoms. The molecule has 2 aromatic rings. The third kappa shape index (κ3) is 4.06. The molecule has 5 nitrogen and oxygen atoms in total. The first kappa shape index (κ1) is 17.4. The van der Waals surface area contributed by atoms with Gasteiger partial charge in [-0.05, 0) is 43.9 Å². The van der Waals surface area contributed by atoms with Gasteiger partial charge in [-0.15, -0.1) is 12.4 Å². The summed E-state index contributed by atoms with van der Waals surface area (Å²) < 4.78 is 11.0. The Balaban J connectivity index is 0.00000192. The normalized spacial score (nSPS) is 16.1. The predicted octanol–water partition coefficient (Wildman–Crippen LogP) is 3.35. The van der Waals surface area contributed by atoms with Crippen molar-refractivity contribution in [2.75, 3.05) is 6.54 Å². The maximum Gasteiger partial charge on any atom is 0.290 e. The molecule has 23 heavy (non-hydrogen) atoms. The van der Waals surface area contributed by atoms with Crippen molar-refractivity contribution in [2.45, 2.75) is 25.3 Å². The number of ether oxygens (including phenoxy) is 1. The average molecular weight is 337 g/mol. The van der Waals surface area contributed by atoms with Crippen LogP contribution < -0.4 is 15.8 Å². The molecule has 0 radical (unpaired) electrons. The fourth-order valence-electron chi connectivity index (χ4n) is 2.46. The zero-order chi connectivity index (χ0) is 15.6. The third-order valence-corrected chi connectivity index (χ3v) is 4.07. The number of hydrogen-bond acceptors (Lipinski definition) is 4. The van der Waals surface area contributed by atoms with Crippen molar-refractivity contribution >= 4 is 18.3 Å². The van der Waals surface area contributed by atoms with Crippen LogP contribution in [0.3, 0.4) is 0 Å². The van der Waals surface area contributed by atoms with Gasteiger partial charge in [0.05, 0.1) is 5.54 Å². The van der Waals surface area contributed by atoms with Gasteiger partial charge in [0, 0.05) is 12.6 Å². The molecule has 1 saturated carbocycles. The molecule has 1 amide bonds. The summed E-state index contributed by atoms with van der Waals surface area (Å²) in [5.41, 5.74) is 5.44. The van der Waals surface area contributed by atoms with Gasteiger partial charge in [0.25, 0.3) is 11.9 Å². The molecule has 1 fully saturated rings. The molecule has 0 saturated heterocycles. The van der Waals surface area contributed by atoms with Gasteiger partial charge in [-0.1, -0.05) is 18.2 Å². The monoisotopic (exact) mass is 336 g/mol. The quantitative estimate of drug-likeness (QED) is 0.848. The summed E-state index contributed by atoms with van der Waals surface area (Å²) in [4.78, 5) is 12.3. The lowest BCUT2D eigenvalue weighted by molar-refractivity contribution is 0.0864. The van der Waals surface area contributed by atoms with Crippen LogP contribution in [0.25, 0.3) is 0 Å². The van der Waals surface area contributed by atoms with Crippen LogP contribution in [-0.4, -0.2) is 18.0 Å². The fraction of sp³-hybridized carbons (Fsp3) is 0.353. The van der Waals surface area contributed by atoms with E-state index in [-0.39, 0.29) is 35.6 Å². The minimum atomic E-state index is -0.371. The average Bonchev–Trinajstić information content (AvgIpc) is 3.29. The number of hydrogen-bond donors (Lipinski definition) is 2. The number of carbonyl (C=O) groups excluding carboxylic acids is 1. The highest BCUT2D eigenvalue weighted by Gasteiger charge is 2.42. The summed E-state index contributed by atoms with van der Waals surface area (Å²) in [6.45, 7) is 2.39. The zero-order valence-electron chi connectivity index (χ0n) is 13.0. The van der Waals surface area contributed by atoms with Gasteiger partial charge in [-0.3, -0.25) is 4.79 Å². The Morgan fingerprint density at radius 3 is 2.61 bits per heavy atom. The molecule has 1 aromatic carbocycles. The number of rotatable bonds is 6. The van der Waals surface area contributed by atoms with E-state index in [9.17, 15) is 4.79 Å². The number of furan rings is 1. The molecule has 1 atom stereocenters. The van der Waals surface area contributed by atoms with E-state index in [1.54, 1.807) is 12.1 Å². The van der Waals surface area contributed by atoms with E-state index in [1.165, 1.54) is 0 Å². The Bertz CT molecular complexity index is 655. The van der Waals surface area contributed by atoms with Crippen molar-refractivity contribution in [3.8, 4) is 11.7 Å². The molecule has 3 N–H and O–H groups in total. The Morgan fingerprint density at radius 1 is 1.30 bits per heavy atom. The van der Waals surface area contributed by atoms with Crippen LogP contribution in [0.15, 0.2) is 46.9 Å². The SMILES string of the molecule is CC(CN)(NC(=O)c1ccc(Oc2ccccc2)o1)C1CC1.Cl. The lowest BCUT2D eigenvalue weighted by Gasteiger charge is -2.28. The van der Waals surface area contributed by atoms with E-state index in [1.807, 2.05) is 37.3 Å². The lowest BCUT2D eigenvalue weighted by atomic mass is 9.96. The van der Waals surface area contributed by atoms with E-state index >= 15 is 0 Å². The van der Waals surface area contributed by atoms with E-state index in [2.05, 4.69) is 5.32 Å². The number of nitrogens with one attached hydrogen (secondary N) is 1. The van der Waals surface area contributed by atoms with Crippen molar-refractivity contribution in [3.63, 3.8) is 0 Å². The predicted molar refractivity (Wildman–Crippen MR) is 90.1 cm³/mol. The highest BCUT2D eigenvalue weighted by molar-refractivity contribution is 5.92. The van der Waals surface area contributed by atoms with Gasteiger partial charge >= 0.3 is 0 Å². The van der Waals surface area contributed by atoms with Gasteiger partial charge in [0.1, 0.15) is 5.75 Å². The van der Waals surface area contributed by atoms with E-state index in [0.29, 0.717) is 18.2 Å². The second-order valence-electron chi connectivity index (χ2n) is 5.88. The summed E-state index contributed by atoms with van der Waals surface area (Å²) in [5, 5.41) is 2.99. The molecule has 1 aliphatic rings. The molecule has 0 aliphatic heterocycles. The van der Waals surface area contributed by atoms with E-state index in [4.69, 9.17) is 14.9 Å². The smallest absolute Gasteiger partial charge is 0.290 e. The molecule has 6 heteroatoms. The molecule has 1 aromatic heterocycles. The maximum atomic E-state index is 12.3. The summed E-state index contributed by atoms with van der Waals surface area (Å²) in [6, 6.07) is 12.5. The Kier molecular flexibility index (Phi) is 5.34. The van der Waals surface area contributed by atoms with Crippen LogP contribution in [0.4, 0.5) is 0 Å². The summed E-state index contributed by atoms with van der Waals surface area (Å²) in [5.74, 6) is 1.37. The Labute approximate surface area is 141 Å². The van der Waals surface area contributed by atoms with E-state index < -0.39 is 0 Å². The first-order valence-electron chi connectivity index (χ1n) is 7.46. The fourth-order valence-corrected chi connectivity index (χ4v) is 2.46. The van der Waals surface area contributed by atoms with Gasteiger partial charge in [-0.25, -0.2) is 0 Å². The lowest BCUT2D eigenvalue weighted by Crippen LogP contribution is -2.53. The van der Waals surface area contributed by atoms with Crippen LogP contribution in [0, 0.1) is 5.92 Å². The number of halogens is 1. The largest absolute Gasteiger partial charge is 0.426 e. The Morgan fingerprint density at radius 2 is 2.00 bits per heavy atom. The minimum Gasteiger partial charge on any atom is -0.426 e. The van der Waals surface area contributed by atoms with Crippen LogP contribution in [-0.2, 0) is 0 Å². The number of benzene rings is 1. The molecule has 124 valence electrons. The number of amides is 1. The molecular weight excluding hydrogens is 316 g/mol. The van der Waals surface area contributed by atoms with Gasteiger partial charge in [-0.2, -0.15) is 0 Å². The van der Waals surface area contributed by atoms with Crippen molar-refractivity contribution < 1.29 is 13.9 Å². The number of carbonyl (C=O) groups is 1. The molecule has 1 heterocycles. The Hall–Kier alpha value is -1.98. The summed E-state index contributed by atoms with van der Waals surface area (Å²) in [6.07, 6.45) is 2.21. The van der Waals surface area contributed by atoms with Crippen LogP contribution >= 0.6 is 12.4 Å². The highest BCUT2D eigenvalue weighted by atomic mass is 35.5. The minimum absolute atomic E-state index is 0. The second-order valence-corrected chi connectivity index (χ2v) is 5.88. The van der Waals surface area contributed by atoms with Gasteiger partial charge in [0.2, 0.25) is 0 Å². The van der Waals surface area contributed by atoms with Crippen molar-refractivity contribution in [1.82, 2.24) is 5.32 Å². The van der Waals surface area contributed by atoms with E-state index in [0.717, 1.165) is 12.8 Å². The van der Waals surface area contributed by atoms with Crippen molar-refractivity contribution in [2.24, 2.45) is 11.7 Å². The van der Waals surface area contributed by atoms with Crippen LogP contribution in [0.2, 0.25) is 0 Å². The van der Waals surface area contributed by atoms with Crippen LogP contribution in [0.5, 0.6) is 11.7 Å². The van der Waals surface area contributed by atoms with Crippen LogP contribution in [0.1, 0.15) is 30.3 Å². The molecule has 1 unspecified atom stereocenters. The molecule has 0 bridgehead atoms. The van der Waals surface area contributed by atoms with Gasteiger partial charge < -0.3 is 20.2 Å². The summed E-state index contributed by atoms with van der Waals surface area (Å²) in [7, 11) is 0. The molecule has 1 aliphatic carbocycles. The second kappa shape index (κ2) is 7.06. The maximum absolute atomic E-state index is 12.3.